The molecule has 0 aliphatic carbocycles. The number of benzene rings is 1. The molecule has 0 atom stereocenters. The van der Waals surface area contributed by atoms with E-state index >= 15 is 0 Å². The molecule has 68 valence electrons. The molecule has 0 saturated carbocycles. The van der Waals surface area contributed by atoms with Gasteiger partial charge in [0.15, 0.2) is 0 Å². The SMILES string of the molecule is Cc1cc(C)cc(S(=O)(=O)O)c1.[H-].[Na+]. The quantitative estimate of drug-likeness (QED) is 0.461. The van der Waals surface area contributed by atoms with Gasteiger partial charge in [-0.25, -0.2) is 0 Å². The van der Waals surface area contributed by atoms with E-state index in [1.54, 1.807) is 13.8 Å². The molecule has 0 aliphatic heterocycles. The third-order valence-corrected chi connectivity index (χ3v) is 2.32. The molecular weight excluding hydrogens is 199 g/mol. The molecule has 0 spiro atoms. The van der Waals surface area contributed by atoms with Gasteiger partial charge in [0.1, 0.15) is 0 Å². The average molecular weight is 210 g/mol. The molecule has 0 unspecified atom stereocenters. The number of aryl methyl sites for hydroxylation is 2. The van der Waals surface area contributed by atoms with Crippen LogP contribution in [0, 0.1) is 13.8 Å². The van der Waals surface area contributed by atoms with Gasteiger partial charge in [0.25, 0.3) is 10.1 Å². The molecule has 5 heteroatoms. The first-order valence-corrected chi connectivity index (χ1v) is 4.89. The minimum absolute atomic E-state index is 0. The van der Waals surface area contributed by atoms with Crippen LogP contribution in [0.1, 0.15) is 12.6 Å². The summed E-state index contributed by atoms with van der Waals surface area (Å²) >= 11 is 0. The molecule has 0 aromatic heterocycles. The van der Waals surface area contributed by atoms with Gasteiger partial charge >= 0.3 is 29.6 Å². The van der Waals surface area contributed by atoms with E-state index < -0.39 is 10.1 Å². The molecule has 3 nitrogen and oxygen atoms in total. The third-order valence-electron chi connectivity index (χ3n) is 1.49. The van der Waals surface area contributed by atoms with E-state index in [-0.39, 0.29) is 35.9 Å². The monoisotopic (exact) mass is 210 g/mol. The Bertz CT molecular complexity index is 383. The molecule has 1 aromatic rings. The Morgan fingerprint density at radius 1 is 1.15 bits per heavy atom. The van der Waals surface area contributed by atoms with Crippen molar-refractivity contribution in [1.82, 2.24) is 0 Å². The standard InChI is InChI=1S/C8H10O3S.Na.H/c1-6-3-7(2)5-8(4-6)12(9,10)11;;/h3-5H,1-2H3,(H,9,10,11);;/q;+1;-1. The van der Waals surface area contributed by atoms with E-state index in [1.807, 2.05) is 6.07 Å². The van der Waals surface area contributed by atoms with Crippen LogP contribution in [0.25, 0.3) is 0 Å². The minimum atomic E-state index is -4.05. The largest absolute Gasteiger partial charge is 1.00 e. The van der Waals surface area contributed by atoms with Crippen LogP contribution in [0.5, 0.6) is 0 Å². The van der Waals surface area contributed by atoms with Crippen LogP contribution >= 0.6 is 0 Å². The molecule has 0 radical (unpaired) electrons. The smallest absolute Gasteiger partial charge is 1.00 e. The summed E-state index contributed by atoms with van der Waals surface area (Å²) in [5.41, 5.74) is 1.64. The van der Waals surface area contributed by atoms with Gasteiger partial charge in [-0.1, -0.05) is 6.07 Å². The van der Waals surface area contributed by atoms with E-state index in [0.717, 1.165) is 11.1 Å². The zero-order valence-electron chi connectivity index (χ0n) is 8.90. The third kappa shape index (κ3) is 3.79. The van der Waals surface area contributed by atoms with Crippen molar-refractivity contribution >= 4 is 10.1 Å². The van der Waals surface area contributed by atoms with Crippen LogP contribution in [0.3, 0.4) is 0 Å². The van der Waals surface area contributed by atoms with Gasteiger partial charge in [0, 0.05) is 0 Å². The molecule has 0 amide bonds. The van der Waals surface area contributed by atoms with Crippen molar-refractivity contribution in [1.29, 1.82) is 0 Å². The Morgan fingerprint density at radius 2 is 1.54 bits per heavy atom. The molecule has 13 heavy (non-hydrogen) atoms. The van der Waals surface area contributed by atoms with Crippen LogP contribution in [0.15, 0.2) is 23.1 Å². The Labute approximate surface area is 102 Å². The first-order valence-electron chi connectivity index (χ1n) is 3.45. The maximum atomic E-state index is 10.7. The second kappa shape index (κ2) is 4.57. The zero-order chi connectivity index (χ0) is 9.35. The van der Waals surface area contributed by atoms with Gasteiger partial charge in [0.2, 0.25) is 0 Å². The van der Waals surface area contributed by atoms with Crippen LogP contribution in [-0.2, 0) is 10.1 Å². The van der Waals surface area contributed by atoms with Crippen molar-refractivity contribution in [3.8, 4) is 0 Å². The van der Waals surface area contributed by atoms with E-state index in [9.17, 15) is 8.42 Å². The van der Waals surface area contributed by atoms with Gasteiger partial charge in [-0.3, -0.25) is 4.55 Å². The Morgan fingerprint density at radius 3 is 1.85 bits per heavy atom. The molecule has 1 rings (SSSR count). The number of rotatable bonds is 1. The van der Waals surface area contributed by atoms with E-state index in [0.29, 0.717) is 0 Å². The van der Waals surface area contributed by atoms with E-state index in [4.69, 9.17) is 4.55 Å². The maximum absolute atomic E-state index is 10.7. The molecule has 1 aromatic carbocycles. The molecule has 0 fully saturated rings. The van der Waals surface area contributed by atoms with Gasteiger partial charge in [-0.2, -0.15) is 8.42 Å². The summed E-state index contributed by atoms with van der Waals surface area (Å²) in [7, 11) is -4.05. The first kappa shape index (κ1) is 13.1. The van der Waals surface area contributed by atoms with Gasteiger partial charge in [0.05, 0.1) is 4.90 Å². The van der Waals surface area contributed by atoms with Crippen LogP contribution in [0.4, 0.5) is 0 Å². The van der Waals surface area contributed by atoms with Crippen LogP contribution in [-0.4, -0.2) is 13.0 Å². The molecule has 0 aliphatic rings. The van der Waals surface area contributed by atoms with Crippen molar-refractivity contribution in [2.45, 2.75) is 18.7 Å². The summed E-state index contributed by atoms with van der Waals surface area (Å²) in [6.07, 6.45) is 0. The molecule has 0 heterocycles. The van der Waals surface area contributed by atoms with Crippen molar-refractivity contribution in [2.24, 2.45) is 0 Å². The van der Waals surface area contributed by atoms with E-state index in [2.05, 4.69) is 0 Å². The fourth-order valence-electron chi connectivity index (χ4n) is 1.08. The van der Waals surface area contributed by atoms with Crippen molar-refractivity contribution in [2.75, 3.05) is 0 Å². The summed E-state index contributed by atoms with van der Waals surface area (Å²) in [6, 6.07) is 4.71. The summed E-state index contributed by atoms with van der Waals surface area (Å²) in [5.74, 6) is 0. The molecule has 0 bridgehead atoms. The Hall–Kier alpha value is 0.130. The molecular formula is C8H11NaO3S. The summed E-state index contributed by atoms with van der Waals surface area (Å²) in [6.45, 7) is 3.56. The number of hydrogen-bond donors (Lipinski definition) is 1. The molecule has 0 saturated heterocycles. The second-order valence-corrected chi connectivity index (χ2v) is 4.22. The van der Waals surface area contributed by atoms with Gasteiger partial charge in [-0.15, -0.1) is 0 Å². The van der Waals surface area contributed by atoms with Crippen LogP contribution < -0.4 is 29.6 Å². The Kier molecular flexibility index (Phi) is 4.62. The van der Waals surface area contributed by atoms with E-state index in [1.165, 1.54) is 12.1 Å². The van der Waals surface area contributed by atoms with Gasteiger partial charge in [-0.05, 0) is 37.1 Å². The summed E-state index contributed by atoms with van der Waals surface area (Å²) < 4.78 is 30.1. The van der Waals surface area contributed by atoms with Crippen LogP contribution in [0.2, 0.25) is 0 Å². The predicted octanol–water partition coefficient (Wildman–Crippen LogP) is -1.33. The topological polar surface area (TPSA) is 54.4 Å². The first-order chi connectivity index (χ1) is 5.39. The van der Waals surface area contributed by atoms with Crippen molar-refractivity contribution < 1.29 is 44.0 Å². The fourth-order valence-corrected chi connectivity index (χ4v) is 1.75. The fraction of sp³-hybridized carbons (Fsp3) is 0.250. The minimum Gasteiger partial charge on any atom is -1.00 e. The normalized spacial score (nSPS) is 10.7. The Balaban J connectivity index is 0. The average Bonchev–Trinajstić information content (AvgIpc) is 1.82. The molecule has 1 N–H and O–H groups in total. The maximum Gasteiger partial charge on any atom is 1.00 e. The zero-order valence-corrected chi connectivity index (χ0v) is 10.7. The summed E-state index contributed by atoms with van der Waals surface area (Å²) in [5, 5.41) is 0. The van der Waals surface area contributed by atoms with Gasteiger partial charge < -0.3 is 1.43 Å². The predicted molar refractivity (Wildman–Crippen MR) is 46.8 cm³/mol. The summed E-state index contributed by atoms with van der Waals surface area (Å²) in [4.78, 5) is -0.0417. The van der Waals surface area contributed by atoms with Crippen molar-refractivity contribution in [3.63, 3.8) is 0 Å². The number of hydrogen-bond acceptors (Lipinski definition) is 2. The second-order valence-electron chi connectivity index (χ2n) is 2.80. The van der Waals surface area contributed by atoms with Crippen molar-refractivity contribution in [3.05, 3.63) is 29.3 Å².